The minimum atomic E-state index is 0.773. The molecule has 1 rings (SSSR count). The van der Waals surface area contributed by atoms with Gasteiger partial charge in [-0.2, -0.15) is 0 Å². The van der Waals surface area contributed by atoms with Crippen molar-refractivity contribution in [3.05, 3.63) is 18.2 Å². The van der Waals surface area contributed by atoms with Crippen LogP contribution in [0, 0.1) is 5.92 Å². The minimum absolute atomic E-state index is 0.773. The van der Waals surface area contributed by atoms with E-state index < -0.39 is 0 Å². The first-order valence-electron chi connectivity index (χ1n) is 5.56. The molecule has 0 unspecified atom stereocenters. The van der Waals surface area contributed by atoms with Crippen molar-refractivity contribution < 1.29 is 0 Å². The predicted molar refractivity (Wildman–Crippen MR) is 68.6 cm³/mol. The van der Waals surface area contributed by atoms with Crippen LogP contribution in [0.25, 0.3) is 0 Å². The highest BCUT2D eigenvalue weighted by Crippen LogP contribution is 2.19. The summed E-state index contributed by atoms with van der Waals surface area (Å²) in [5.74, 6) is 2.90. The van der Waals surface area contributed by atoms with Crippen LogP contribution in [0.3, 0.4) is 0 Å². The van der Waals surface area contributed by atoms with E-state index in [0.717, 1.165) is 29.1 Å². The molecule has 0 atom stereocenters. The average Bonchev–Trinajstić information content (AvgIpc) is 2.18. The van der Waals surface area contributed by atoms with Gasteiger partial charge in [0.15, 0.2) is 0 Å². The van der Waals surface area contributed by atoms with Gasteiger partial charge >= 0.3 is 0 Å². The molecule has 2 nitrogen and oxygen atoms in total. The molecule has 0 saturated heterocycles. The van der Waals surface area contributed by atoms with Crippen LogP contribution in [-0.4, -0.2) is 17.3 Å². The van der Waals surface area contributed by atoms with Gasteiger partial charge in [0, 0.05) is 6.54 Å². The highest BCUT2D eigenvalue weighted by molar-refractivity contribution is 7.99. The molecule has 0 spiro atoms. The Morgan fingerprint density at radius 1 is 1.40 bits per heavy atom. The van der Waals surface area contributed by atoms with Crippen molar-refractivity contribution in [1.29, 1.82) is 0 Å². The average molecular weight is 224 g/mol. The molecule has 0 aliphatic heterocycles. The maximum atomic E-state index is 4.51. The molecule has 0 radical (unpaired) electrons. The number of pyridine rings is 1. The molecule has 1 aromatic heterocycles. The normalized spacial score (nSPS) is 10.7. The lowest BCUT2D eigenvalue weighted by Gasteiger charge is -2.06. The molecule has 0 aliphatic carbocycles. The SMILES string of the molecule is CCNc1cccc(SCCC(C)C)n1. The van der Waals surface area contributed by atoms with E-state index in [-0.39, 0.29) is 0 Å². The third-order valence-electron chi connectivity index (χ3n) is 2.03. The zero-order valence-corrected chi connectivity index (χ0v) is 10.6. The van der Waals surface area contributed by atoms with Crippen LogP contribution in [0.1, 0.15) is 27.2 Å². The lowest BCUT2D eigenvalue weighted by atomic mass is 10.2. The van der Waals surface area contributed by atoms with E-state index in [1.54, 1.807) is 0 Å². The van der Waals surface area contributed by atoms with E-state index in [2.05, 4.69) is 43.2 Å². The molecule has 0 fully saturated rings. The van der Waals surface area contributed by atoms with Crippen LogP contribution >= 0.6 is 11.8 Å². The number of thioether (sulfide) groups is 1. The van der Waals surface area contributed by atoms with E-state index >= 15 is 0 Å². The van der Waals surface area contributed by atoms with Crippen molar-refractivity contribution in [2.75, 3.05) is 17.6 Å². The van der Waals surface area contributed by atoms with Crippen LogP contribution in [0.15, 0.2) is 23.2 Å². The van der Waals surface area contributed by atoms with Gasteiger partial charge in [0.2, 0.25) is 0 Å². The zero-order valence-electron chi connectivity index (χ0n) is 9.79. The molecular weight excluding hydrogens is 204 g/mol. The highest BCUT2D eigenvalue weighted by atomic mass is 32.2. The molecule has 3 heteroatoms. The second-order valence-corrected chi connectivity index (χ2v) is 5.04. The number of aromatic nitrogens is 1. The predicted octanol–water partition coefficient (Wildman–Crippen LogP) is 3.65. The van der Waals surface area contributed by atoms with Gasteiger partial charge in [-0.25, -0.2) is 4.98 Å². The molecule has 0 aromatic carbocycles. The van der Waals surface area contributed by atoms with E-state index in [0.29, 0.717) is 0 Å². The van der Waals surface area contributed by atoms with Crippen LogP contribution in [0.5, 0.6) is 0 Å². The molecule has 84 valence electrons. The molecule has 0 aliphatic rings. The van der Waals surface area contributed by atoms with E-state index in [9.17, 15) is 0 Å². The summed E-state index contributed by atoms with van der Waals surface area (Å²) in [5.41, 5.74) is 0. The molecule has 0 bridgehead atoms. The number of hydrogen-bond donors (Lipinski definition) is 1. The van der Waals surface area contributed by atoms with Gasteiger partial charge in [-0.3, -0.25) is 0 Å². The summed E-state index contributed by atoms with van der Waals surface area (Å²) in [4.78, 5) is 4.51. The summed E-state index contributed by atoms with van der Waals surface area (Å²) >= 11 is 1.84. The van der Waals surface area contributed by atoms with E-state index in [1.165, 1.54) is 6.42 Å². The molecule has 0 saturated carbocycles. The Kier molecular flexibility index (Phi) is 5.54. The number of nitrogens with zero attached hydrogens (tertiary/aromatic N) is 1. The third-order valence-corrected chi connectivity index (χ3v) is 2.99. The standard InChI is InChI=1S/C12H20N2S/c1-4-13-11-6-5-7-12(14-11)15-9-8-10(2)3/h5-7,10H,4,8-9H2,1-3H3,(H,13,14). The Morgan fingerprint density at radius 2 is 2.20 bits per heavy atom. The van der Waals surface area contributed by atoms with Gasteiger partial charge < -0.3 is 5.32 Å². The quantitative estimate of drug-likeness (QED) is 0.747. The monoisotopic (exact) mass is 224 g/mol. The molecule has 0 amide bonds. The summed E-state index contributed by atoms with van der Waals surface area (Å²) in [6.45, 7) is 7.51. The maximum absolute atomic E-state index is 4.51. The number of rotatable bonds is 6. The molecule has 1 heterocycles. The Bertz CT molecular complexity index is 287. The smallest absolute Gasteiger partial charge is 0.127 e. The number of hydrogen-bond acceptors (Lipinski definition) is 3. The van der Waals surface area contributed by atoms with Crippen LogP contribution in [0.2, 0.25) is 0 Å². The Labute approximate surface area is 96.9 Å². The van der Waals surface area contributed by atoms with Gasteiger partial charge in [0.05, 0.1) is 5.03 Å². The fourth-order valence-electron chi connectivity index (χ4n) is 1.17. The van der Waals surface area contributed by atoms with Gasteiger partial charge in [-0.1, -0.05) is 19.9 Å². The van der Waals surface area contributed by atoms with Gasteiger partial charge in [0.1, 0.15) is 5.82 Å². The van der Waals surface area contributed by atoms with Gasteiger partial charge in [-0.15, -0.1) is 11.8 Å². The largest absolute Gasteiger partial charge is 0.370 e. The number of nitrogens with one attached hydrogen (secondary N) is 1. The van der Waals surface area contributed by atoms with Gasteiger partial charge in [-0.05, 0) is 37.1 Å². The summed E-state index contributed by atoms with van der Waals surface area (Å²) < 4.78 is 0. The topological polar surface area (TPSA) is 24.9 Å². The Hall–Kier alpha value is -0.700. The summed E-state index contributed by atoms with van der Waals surface area (Å²) in [6, 6.07) is 6.14. The second kappa shape index (κ2) is 6.72. The van der Waals surface area contributed by atoms with Crippen LogP contribution < -0.4 is 5.32 Å². The first kappa shape index (κ1) is 12.4. The van der Waals surface area contributed by atoms with E-state index in [4.69, 9.17) is 0 Å². The Balaban J connectivity index is 2.43. The third kappa shape index (κ3) is 5.07. The molecule has 15 heavy (non-hydrogen) atoms. The number of anilines is 1. The first-order valence-corrected chi connectivity index (χ1v) is 6.54. The summed E-state index contributed by atoms with van der Waals surface area (Å²) in [6.07, 6.45) is 1.25. The van der Waals surface area contributed by atoms with E-state index in [1.807, 2.05) is 17.8 Å². The highest BCUT2D eigenvalue weighted by Gasteiger charge is 1.99. The lowest BCUT2D eigenvalue weighted by Crippen LogP contribution is -1.99. The van der Waals surface area contributed by atoms with Crippen molar-refractivity contribution in [2.45, 2.75) is 32.2 Å². The van der Waals surface area contributed by atoms with Crippen LogP contribution in [-0.2, 0) is 0 Å². The zero-order chi connectivity index (χ0) is 11.1. The Morgan fingerprint density at radius 3 is 2.87 bits per heavy atom. The van der Waals surface area contributed by atoms with Crippen molar-refractivity contribution >= 4 is 17.6 Å². The fourth-order valence-corrected chi connectivity index (χ4v) is 2.31. The maximum Gasteiger partial charge on any atom is 0.127 e. The second-order valence-electron chi connectivity index (χ2n) is 3.92. The van der Waals surface area contributed by atoms with Crippen molar-refractivity contribution in [1.82, 2.24) is 4.98 Å². The molecular formula is C12H20N2S. The molecule has 1 aromatic rings. The summed E-state index contributed by atoms with van der Waals surface area (Å²) in [5, 5.41) is 4.34. The van der Waals surface area contributed by atoms with Crippen molar-refractivity contribution in [3.63, 3.8) is 0 Å². The lowest BCUT2D eigenvalue weighted by molar-refractivity contribution is 0.632. The first-order chi connectivity index (χ1) is 7.22. The minimum Gasteiger partial charge on any atom is -0.370 e. The van der Waals surface area contributed by atoms with Crippen molar-refractivity contribution in [2.24, 2.45) is 5.92 Å². The fraction of sp³-hybridized carbons (Fsp3) is 0.583. The van der Waals surface area contributed by atoms with Gasteiger partial charge in [0.25, 0.3) is 0 Å². The summed E-state index contributed by atoms with van der Waals surface area (Å²) in [7, 11) is 0. The van der Waals surface area contributed by atoms with Crippen LogP contribution in [0.4, 0.5) is 5.82 Å². The molecule has 1 N–H and O–H groups in total. The van der Waals surface area contributed by atoms with Crippen molar-refractivity contribution in [3.8, 4) is 0 Å².